The van der Waals surface area contributed by atoms with E-state index in [-0.39, 0.29) is 46.6 Å². The van der Waals surface area contributed by atoms with Gasteiger partial charge in [-0.25, -0.2) is 14.4 Å². The second-order valence-corrected chi connectivity index (χ2v) is 7.71. The van der Waals surface area contributed by atoms with Crippen molar-refractivity contribution >= 4 is 17.7 Å². The van der Waals surface area contributed by atoms with Crippen molar-refractivity contribution in [2.24, 2.45) is 7.05 Å². The number of imidazole rings is 1. The van der Waals surface area contributed by atoms with Crippen LogP contribution in [0.15, 0.2) is 46.6 Å². The Balaban J connectivity index is 1.76. The SMILES string of the molecule is Cc1nc(SC(F)F)[nH]c(=O)c1CCC(=O)NC(c1ccccc1F)c1nccn1C. The number of nitrogens with one attached hydrogen (secondary N) is 2. The molecular formula is C20H20F3N5O2S. The molecule has 1 unspecified atom stereocenters. The molecule has 2 N–H and O–H groups in total. The van der Waals surface area contributed by atoms with Crippen molar-refractivity contribution < 1.29 is 18.0 Å². The molecule has 0 fully saturated rings. The van der Waals surface area contributed by atoms with Gasteiger partial charge in [0.2, 0.25) is 5.91 Å². The lowest BCUT2D eigenvalue weighted by Gasteiger charge is -2.20. The summed E-state index contributed by atoms with van der Waals surface area (Å²) in [6, 6.07) is 5.25. The number of carbonyl (C=O) groups excluding carboxylic acids is 1. The summed E-state index contributed by atoms with van der Waals surface area (Å²) < 4.78 is 41.1. The number of H-pyrrole nitrogens is 1. The number of thioether (sulfide) groups is 1. The largest absolute Gasteiger partial charge is 0.342 e. The second kappa shape index (κ2) is 9.82. The van der Waals surface area contributed by atoms with Crippen molar-refractivity contribution in [1.82, 2.24) is 24.8 Å². The van der Waals surface area contributed by atoms with Crippen molar-refractivity contribution in [3.05, 3.63) is 75.5 Å². The van der Waals surface area contributed by atoms with Crippen LogP contribution in [0.5, 0.6) is 0 Å². The number of aromatic amines is 1. The van der Waals surface area contributed by atoms with Crippen molar-refractivity contribution in [2.45, 2.75) is 36.7 Å². The van der Waals surface area contributed by atoms with Crippen LogP contribution in [0.4, 0.5) is 13.2 Å². The lowest BCUT2D eigenvalue weighted by molar-refractivity contribution is -0.121. The Morgan fingerprint density at radius 1 is 1.32 bits per heavy atom. The van der Waals surface area contributed by atoms with Crippen LogP contribution >= 0.6 is 11.8 Å². The maximum atomic E-state index is 14.4. The molecule has 2 heterocycles. The fourth-order valence-electron chi connectivity index (χ4n) is 3.14. The molecule has 164 valence electrons. The van der Waals surface area contributed by atoms with Crippen LogP contribution in [-0.2, 0) is 18.3 Å². The van der Waals surface area contributed by atoms with Gasteiger partial charge in [-0.05, 0) is 31.2 Å². The Hall–Kier alpha value is -3.08. The number of aryl methyl sites for hydroxylation is 2. The minimum atomic E-state index is -2.71. The lowest BCUT2D eigenvalue weighted by Crippen LogP contribution is -2.32. The van der Waals surface area contributed by atoms with Gasteiger partial charge in [0.25, 0.3) is 11.3 Å². The molecule has 31 heavy (non-hydrogen) atoms. The quantitative estimate of drug-likeness (QED) is 0.406. The van der Waals surface area contributed by atoms with Gasteiger partial charge in [0, 0.05) is 42.7 Å². The van der Waals surface area contributed by atoms with Gasteiger partial charge in [0.1, 0.15) is 17.7 Å². The third kappa shape index (κ3) is 5.54. The number of nitrogens with zero attached hydrogens (tertiary/aromatic N) is 3. The Morgan fingerprint density at radius 3 is 2.68 bits per heavy atom. The summed E-state index contributed by atoms with van der Waals surface area (Å²) >= 11 is 0.143. The predicted octanol–water partition coefficient (Wildman–Crippen LogP) is 3.10. The molecule has 0 saturated heterocycles. The molecule has 0 aliphatic heterocycles. The van der Waals surface area contributed by atoms with E-state index in [1.807, 2.05) is 0 Å². The standard InChI is InChI=1S/C20H20F3N5O2S/c1-11-12(18(30)27-20(25-11)31-19(22)23)7-8-15(29)26-16(17-24-9-10-28(17)2)13-5-3-4-6-14(13)21/h3-6,9-10,16,19H,7-8H2,1-2H3,(H,26,29)(H,25,27,30). The van der Waals surface area contributed by atoms with Crippen molar-refractivity contribution in [3.63, 3.8) is 0 Å². The number of carbonyl (C=O) groups is 1. The minimum absolute atomic E-state index is 0.0458. The van der Waals surface area contributed by atoms with E-state index in [0.29, 0.717) is 5.82 Å². The van der Waals surface area contributed by atoms with E-state index in [4.69, 9.17) is 0 Å². The molecule has 1 aromatic carbocycles. The maximum absolute atomic E-state index is 14.4. The predicted molar refractivity (Wildman–Crippen MR) is 109 cm³/mol. The zero-order chi connectivity index (χ0) is 22.5. The average molecular weight is 451 g/mol. The van der Waals surface area contributed by atoms with Gasteiger partial charge in [0.05, 0.1) is 0 Å². The number of halogens is 3. The van der Waals surface area contributed by atoms with Crippen LogP contribution in [0.1, 0.15) is 35.1 Å². The molecule has 0 bridgehead atoms. The minimum Gasteiger partial charge on any atom is -0.342 e. The fourth-order valence-corrected chi connectivity index (χ4v) is 3.65. The van der Waals surface area contributed by atoms with Gasteiger partial charge in [0.15, 0.2) is 5.16 Å². The first kappa shape index (κ1) is 22.6. The van der Waals surface area contributed by atoms with Crippen LogP contribution in [-0.4, -0.2) is 31.2 Å². The molecule has 7 nitrogen and oxygen atoms in total. The van der Waals surface area contributed by atoms with E-state index in [1.165, 1.54) is 13.0 Å². The third-order valence-corrected chi connectivity index (χ3v) is 5.24. The molecule has 0 saturated carbocycles. The molecule has 1 amide bonds. The highest BCUT2D eigenvalue weighted by atomic mass is 32.2. The summed E-state index contributed by atoms with van der Waals surface area (Å²) in [6.45, 7) is 1.52. The van der Waals surface area contributed by atoms with Gasteiger partial charge in [-0.2, -0.15) is 8.78 Å². The smallest absolute Gasteiger partial charge is 0.291 e. The van der Waals surface area contributed by atoms with Crippen LogP contribution in [0.2, 0.25) is 0 Å². The summed E-state index contributed by atoms with van der Waals surface area (Å²) in [5.41, 5.74) is 0.190. The van der Waals surface area contributed by atoms with E-state index >= 15 is 0 Å². The number of rotatable bonds is 8. The Kier molecular flexibility index (Phi) is 7.16. The van der Waals surface area contributed by atoms with Gasteiger partial charge < -0.3 is 14.9 Å². The van der Waals surface area contributed by atoms with Gasteiger partial charge in [-0.3, -0.25) is 9.59 Å². The third-order valence-electron chi connectivity index (χ3n) is 4.64. The summed E-state index contributed by atoms with van der Waals surface area (Å²) in [5, 5.41) is 2.59. The first-order valence-electron chi connectivity index (χ1n) is 9.32. The van der Waals surface area contributed by atoms with E-state index in [2.05, 4.69) is 20.3 Å². The molecule has 1 atom stereocenters. The number of hydrogen-bond donors (Lipinski definition) is 2. The van der Waals surface area contributed by atoms with Gasteiger partial charge in [-0.15, -0.1) is 0 Å². The maximum Gasteiger partial charge on any atom is 0.291 e. The molecule has 0 aliphatic carbocycles. The van der Waals surface area contributed by atoms with E-state index < -0.39 is 29.1 Å². The first-order valence-corrected chi connectivity index (χ1v) is 10.2. The normalized spacial score (nSPS) is 12.2. The number of alkyl halides is 2. The lowest BCUT2D eigenvalue weighted by atomic mass is 10.0. The molecule has 2 aromatic heterocycles. The molecule has 11 heteroatoms. The molecular weight excluding hydrogens is 431 g/mol. The zero-order valence-corrected chi connectivity index (χ0v) is 17.5. The second-order valence-electron chi connectivity index (χ2n) is 6.73. The summed E-state index contributed by atoms with van der Waals surface area (Å²) in [7, 11) is 1.73. The molecule has 0 radical (unpaired) electrons. The summed E-state index contributed by atoms with van der Waals surface area (Å²) in [6.07, 6.45) is 3.19. The van der Waals surface area contributed by atoms with Crippen LogP contribution in [0.25, 0.3) is 0 Å². The Labute approximate surface area is 180 Å². The topological polar surface area (TPSA) is 92.7 Å². The van der Waals surface area contributed by atoms with Crippen LogP contribution < -0.4 is 10.9 Å². The van der Waals surface area contributed by atoms with E-state index in [1.54, 1.807) is 42.2 Å². The van der Waals surface area contributed by atoms with E-state index in [9.17, 15) is 22.8 Å². The Morgan fingerprint density at radius 2 is 2.06 bits per heavy atom. The van der Waals surface area contributed by atoms with Gasteiger partial charge >= 0.3 is 0 Å². The molecule has 3 rings (SSSR count). The number of hydrogen-bond acceptors (Lipinski definition) is 5. The Bertz CT molecular complexity index is 1130. The van der Waals surface area contributed by atoms with Crippen molar-refractivity contribution in [1.29, 1.82) is 0 Å². The highest BCUT2D eigenvalue weighted by Gasteiger charge is 2.24. The number of aromatic nitrogens is 4. The van der Waals surface area contributed by atoms with Crippen LogP contribution in [0, 0.1) is 12.7 Å². The number of amides is 1. The monoisotopic (exact) mass is 451 g/mol. The van der Waals surface area contributed by atoms with Gasteiger partial charge in [-0.1, -0.05) is 18.2 Å². The summed E-state index contributed by atoms with van der Waals surface area (Å²) in [4.78, 5) is 35.3. The average Bonchev–Trinajstić information content (AvgIpc) is 3.11. The van der Waals surface area contributed by atoms with Crippen molar-refractivity contribution in [3.8, 4) is 0 Å². The highest BCUT2D eigenvalue weighted by molar-refractivity contribution is 7.99. The molecule has 0 spiro atoms. The summed E-state index contributed by atoms with van der Waals surface area (Å²) in [5.74, 6) is -3.18. The van der Waals surface area contributed by atoms with Crippen molar-refractivity contribution in [2.75, 3.05) is 0 Å². The van der Waals surface area contributed by atoms with E-state index in [0.717, 1.165) is 0 Å². The first-order chi connectivity index (χ1) is 14.8. The molecule has 3 aromatic rings. The zero-order valence-electron chi connectivity index (χ0n) is 16.7. The highest BCUT2D eigenvalue weighted by Crippen LogP contribution is 2.24. The fraction of sp³-hybridized carbons (Fsp3) is 0.300. The number of benzene rings is 1. The van der Waals surface area contributed by atoms with Crippen LogP contribution in [0.3, 0.4) is 0 Å². The molecule has 0 aliphatic rings.